The van der Waals surface area contributed by atoms with E-state index in [1.807, 2.05) is 11.0 Å². The monoisotopic (exact) mass is 224 g/mol. The van der Waals surface area contributed by atoms with Gasteiger partial charge in [-0.25, -0.2) is 0 Å². The molecule has 1 atom stereocenters. The quantitative estimate of drug-likeness (QED) is 0.699. The molecule has 0 radical (unpaired) electrons. The largest absolute Gasteiger partial charge is 0.337 e. The Kier molecular flexibility index (Phi) is 5.00. The van der Waals surface area contributed by atoms with Crippen molar-refractivity contribution in [1.82, 2.24) is 10.2 Å². The Labute approximate surface area is 98.9 Å². The first kappa shape index (κ1) is 13.2. The third kappa shape index (κ3) is 2.64. The third-order valence-corrected chi connectivity index (χ3v) is 3.39. The molecule has 3 nitrogen and oxygen atoms in total. The predicted molar refractivity (Wildman–Crippen MR) is 67.3 cm³/mol. The van der Waals surface area contributed by atoms with Crippen LogP contribution in [0.5, 0.6) is 0 Å². The summed E-state index contributed by atoms with van der Waals surface area (Å²) in [5, 5.41) is 3.39. The molecule has 0 bridgehead atoms. The standard InChI is InChI=1S/C13H24N2O/c1-4-10-15(11-5-2)12(16)13(6-3)8-7-9-14-13/h4,14H,1,5-11H2,2-3H3. The van der Waals surface area contributed by atoms with Crippen molar-refractivity contribution in [1.29, 1.82) is 0 Å². The number of nitrogens with one attached hydrogen (secondary N) is 1. The van der Waals surface area contributed by atoms with Crippen LogP contribution in [0, 0.1) is 0 Å². The summed E-state index contributed by atoms with van der Waals surface area (Å²) in [6.07, 6.45) is 5.77. The molecule has 1 unspecified atom stereocenters. The summed E-state index contributed by atoms with van der Waals surface area (Å²) >= 11 is 0. The number of amides is 1. The minimum Gasteiger partial charge on any atom is -0.337 e. The van der Waals surface area contributed by atoms with Gasteiger partial charge in [0.05, 0.1) is 5.54 Å². The fourth-order valence-corrected chi connectivity index (χ4v) is 2.45. The van der Waals surface area contributed by atoms with Crippen molar-refractivity contribution in [2.75, 3.05) is 19.6 Å². The van der Waals surface area contributed by atoms with E-state index in [0.717, 1.165) is 38.8 Å². The van der Waals surface area contributed by atoms with Crippen LogP contribution in [0.15, 0.2) is 12.7 Å². The molecule has 1 fully saturated rings. The fraction of sp³-hybridized carbons (Fsp3) is 0.769. The Balaban J connectivity index is 2.74. The molecule has 3 heteroatoms. The van der Waals surface area contributed by atoms with E-state index in [9.17, 15) is 4.79 Å². The minimum atomic E-state index is -0.293. The molecule has 0 spiro atoms. The molecule has 0 saturated carbocycles. The molecule has 1 amide bonds. The summed E-state index contributed by atoms with van der Waals surface area (Å²) in [6.45, 7) is 10.4. The molecule has 1 rings (SSSR count). The maximum atomic E-state index is 12.5. The molecule has 92 valence electrons. The van der Waals surface area contributed by atoms with Gasteiger partial charge in [-0.15, -0.1) is 6.58 Å². The van der Waals surface area contributed by atoms with E-state index in [0.29, 0.717) is 6.54 Å². The van der Waals surface area contributed by atoms with Crippen molar-refractivity contribution in [3.8, 4) is 0 Å². The number of carbonyl (C=O) groups is 1. The average molecular weight is 224 g/mol. The Hall–Kier alpha value is -0.830. The van der Waals surface area contributed by atoms with Crippen molar-refractivity contribution in [3.05, 3.63) is 12.7 Å². The van der Waals surface area contributed by atoms with Gasteiger partial charge in [-0.2, -0.15) is 0 Å². The van der Waals surface area contributed by atoms with Crippen LogP contribution >= 0.6 is 0 Å². The summed E-state index contributed by atoms with van der Waals surface area (Å²) in [5.74, 6) is 0.259. The molecule has 0 aromatic heterocycles. The van der Waals surface area contributed by atoms with Crippen molar-refractivity contribution in [2.45, 2.75) is 45.1 Å². The van der Waals surface area contributed by atoms with Gasteiger partial charge in [0.15, 0.2) is 0 Å². The Morgan fingerprint density at radius 3 is 2.75 bits per heavy atom. The molecule has 1 aliphatic heterocycles. The van der Waals surface area contributed by atoms with Crippen LogP contribution in [0.25, 0.3) is 0 Å². The maximum Gasteiger partial charge on any atom is 0.243 e. The summed E-state index contributed by atoms with van der Waals surface area (Å²) < 4.78 is 0. The van der Waals surface area contributed by atoms with Crippen molar-refractivity contribution in [2.24, 2.45) is 0 Å². The fourth-order valence-electron chi connectivity index (χ4n) is 2.45. The highest BCUT2D eigenvalue weighted by molar-refractivity contribution is 5.86. The van der Waals surface area contributed by atoms with Gasteiger partial charge < -0.3 is 10.2 Å². The SMILES string of the molecule is C=CCN(CCC)C(=O)C1(CC)CCCN1. The summed E-state index contributed by atoms with van der Waals surface area (Å²) in [5.41, 5.74) is -0.293. The highest BCUT2D eigenvalue weighted by Crippen LogP contribution is 2.25. The van der Waals surface area contributed by atoms with Crippen molar-refractivity contribution < 1.29 is 4.79 Å². The summed E-state index contributed by atoms with van der Waals surface area (Å²) in [7, 11) is 0. The molecule has 0 aliphatic carbocycles. The van der Waals surface area contributed by atoms with Crippen LogP contribution < -0.4 is 5.32 Å². The van der Waals surface area contributed by atoms with Crippen LogP contribution in [0.2, 0.25) is 0 Å². The second-order valence-electron chi connectivity index (χ2n) is 4.51. The number of rotatable bonds is 6. The highest BCUT2D eigenvalue weighted by atomic mass is 16.2. The average Bonchev–Trinajstić information content (AvgIpc) is 2.77. The number of nitrogens with zero attached hydrogens (tertiary/aromatic N) is 1. The predicted octanol–water partition coefficient (Wildman–Crippen LogP) is 1.94. The lowest BCUT2D eigenvalue weighted by atomic mass is 9.92. The number of hydrogen-bond acceptors (Lipinski definition) is 2. The minimum absolute atomic E-state index is 0.259. The first-order valence-electron chi connectivity index (χ1n) is 6.35. The lowest BCUT2D eigenvalue weighted by Crippen LogP contribution is -2.54. The van der Waals surface area contributed by atoms with E-state index in [4.69, 9.17) is 0 Å². The van der Waals surface area contributed by atoms with Gasteiger partial charge in [0, 0.05) is 13.1 Å². The Morgan fingerprint density at radius 2 is 2.31 bits per heavy atom. The molecule has 1 N–H and O–H groups in total. The molecule has 1 saturated heterocycles. The van der Waals surface area contributed by atoms with E-state index >= 15 is 0 Å². The van der Waals surface area contributed by atoms with Gasteiger partial charge in [-0.05, 0) is 32.2 Å². The van der Waals surface area contributed by atoms with Gasteiger partial charge in [0.25, 0.3) is 0 Å². The number of hydrogen-bond donors (Lipinski definition) is 1. The van der Waals surface area contributed by atoms with E-state index in [-0.39, 0.29) is 11.4 Å². The lowest BCUT2D eigenvalue weighted by molar-refractivity contribution is -0.137. The zero-order valence-electron chi connectivity index (χ0n) is 10.6. The lowest BCUT2D eigenvalue weighted by Gasteiger charge is -2.33. The topological polar surface area (TPSA) is 32.3 Å². The van der Waals surface area contributed by atoms with Crippen LogP contribution in [0.1, 0.15) is 39.5 Å². The number of carbonyl (C=O) groups excluding carboxylic acids is 1. The molecule has 16 heavy (non-hydrogen) atoms. The first-order chi connectivity index (χ1) is 7.70. The van der Waals surface area contributed by atoms with Crippen LogP contribution in [0.3, 0.4) is 0 Å². The molecule has 1 aliphatic rings. The smallest absolute Gasteiger partial charge is 0.243 e. The van der Waals surface area contributed by atoms with Gasteiger partial charge in [-0.1, -0.05) is 19.9 Å². The van der Waals surface area contributed by atoms with Crippen LogP contribution in [-0.4, -0.2) is 36.0 Å². The van der Waals surface area contributed by atoms with E-state index in [1.54, 1.807) is 0 Å². The van der Waals surface area contributed by atoms with Gasteiger partial charge in [0.2, 0.25) is 5.91 Å². The van der Waals surface area contributed by atoms with Crippen molar-refractivity contribution in [3.63, 3.8) is 0 Å². The molecular weight excluding hydrogens is 200 g/mol. The van der Waals surface area contributed by atoms with Crippen LogP contribution in [-0.2, 0) is 4.79 Å². The Morgan fingerprint density at radius 1 is 1.56 bits per heavy atom. The van der Waals surface area contributed by atoms with E-state index < -0.39 is 0 Å². The second-order valence-corrected chi connectivity index (χ2v) is 4.51. The zero-order valence-corrected chi connectivity index (χ0v) is 10.6. The highest BCUT2D eigenvalue weighted by Gasteiger charge is 2.41. The van der Waals surface area contributed by atoms with E-state index in [2.05, 4.69) is 25.7 Å². The van der Waals surface area contributed by atoms with Crippen molar-refractivity contribution >= 4 is 5.91 Å². The maximum absolute atomic E-state index is 12.5. The normalized spacial score (nSPS) is 24.4. The molecule has 0 aromatic carbocycles. The first-order valence-corrected chi connectivity index (χ1v) is 6.35. The van der Waals surface area contributed by atoms with E-state index in [1.165, 1.54) is 0 Å². The molecular formula is C13H24N2O. The molecule has 1 heterocycles. The second kappa shape index (κ2) is 6.04. The zero-order chi connectivity index (χ0) is 12.0. The third-order valence-electron chi connectivity index (χ3n) is 3.39. The summed E-state index contributed by atoms with van der Waals surface area (Å²) in [4.78, 5) is 14.4. The van der Waals surface area contributed by atoms with Gasteiger partial charge >= 0.3 is 0 Å². The van der Waals surface area contributed by atoms with Gasteiger partial charge in [0.1, 0.15) is 0 Å². The Bertz CT molecular complexity index is 244. The van der Waals surface area contributed by atoms with Crippen LogP contribution in [0.4, 0.5) is 0 Å². The van der Waals surface area contributed by atoms with Gasteiger partial charge in [-0.3, -0.25) is 4.79 Å². The summed E-state index contributed by atoms with van der Waals surface area (Å²) in [6, 6.07) is 0. The molecule has 0 aromatic rings.